The van der Waals surface area contributed by atoms with E-state index in [1.54, 1.807) is 44.5 Å². The first-order valence-electron chi connectivity index (χ1n) is 11.7. The molecule has 0 fully saturated rings. The first-order valence-corrected chi connectivity index (χ1v) is 13.4. The molecular weight excluding hydrogens is 478 g/mol. The third kappa shape index (κ3) is 4.88. The summed E-state index contributed by atoms with van der Waals surface area (Å²) in [6.07, 6.45) is 2.81. The van der Waals surface area contributed by atoms with Gasteiger partial charge in [0.15, 0.2) is 15.6 Å². The zero-order valence-corrected chi connectivity index (χ0v) is 21.6. The minimum atomic E-state index is -3.29. The van der Waals surface area contributed by atoms with Gasteiger partial charge >= 0.3 is 0 Å². The fourth-order valence-electron chi connectivity index (χ4n) is 4.48. The average molecular weight is 508 g/mol. The van der Waals surface area contributed by atoms with Gasteiger partial charge < -0.3 is 10.1 Å². The van der Waals surface area contributed by atoms with Crippen molar-refractivity contribution in [2.24, 2.45) is 0 Å². The quantitative estimate of drug-likeness (QED) is 0.516. The zero-order valence-electron chi connectivity index (χ0n) is 20.8. The van der Waals surface area contributed by atoms with Crippen LogP contribution in [0.5, 0.6) is 5.75 Å². The number of rotatable bonds is 7. The summed E-state index contributed by atoms with van der Waals surface area (Å²) in [6, 6.07) is 11.6. The Morgan fingerprint density at radius 2 is 1.89 bits per heavy atom. The molecule has 2 aromatic heterocycles. The number of sulfone groups is 1. The predicted octanol–water partition coefficient (Wildman–Crippen LogP) is 3.86. The summed E-state index contributed by atoms with van der Waals surface area (Å²) in [6.45, 7) is 5.33. The number of hydrogen-bond donors (Lipinski definition) is 1. The van der Waals surface area contributed by atoms with Crippen molar-refractivity contribution < 1.29 is 22.7 Å². The van der Waals surface area contributed by atoms with Crippen molar-refractivity contribution in [2.75, 3.05) is 18.2 Å². The smallest absolute Gasteiger partial charge is 0.229 e. The summed E-state index contributed by atoms with van der Waals surface area (Å²) in [5, 5.41) is 2.81. The summed E-state index contributed by atoms with van der Waals surface area (Å²) in [5.41, 5.74) is 2.59. The van der Waals surface area contributed by atoms with Gasteiger partial charge in [0.05, 0.1) is 47.2 Å². The zero-order chi connectivity index (χ0) is 26.1. The van der Waals surface area contributed by atoms with E-state index in [4.69, 9.17) is 4.74 Å². The molecule has 8 nitrogen and oxygen atoms in total. The van der Waals surface area contributed by atoms with Crippen molar-refractivity contribution in [3.8, 4) is 5.75 Å². The Morgan fingerprint density at radius 3 is 2.50 bits per heavy atom. The van der Waals surface area contributed by atoms with Gasteiger partial charge in [-0.15, -0.1) is 0 Å². The van der Waals surface area contributed by atoms with E-state index in [1.807, 2.05) is 19.9 Å². The van der Waals surface area contributed by atoms with Crippen molar-refractivity contribution in [1.29, 1.82) is 0 Å². The molecule has 0 radical (unpaired) electrons. The van der Waals surface area contributed by atoms with E-state index >= 15 is 0 Å². The molecule has 188 valence electrons. The topological polar surface area (TPSA) is 115 Å². The maximum absolute atomic E-state index is 13.6. The van der Waals surface area contributed by atoms with E-state index in [-0.39, 0.29) is 28.8 Å². The highest BCUT2D eigenvalue weighted by molar-refractivity contribution is 7.91. The molecule has 1 aromatic carbocycles. The van der Waals surface area contributed by atoms with Crippen LogP contribution in [0.3, 0.4) is 0 Å². The monoisotopic (exact) mass is 507 g/mol. The number of ether oxygens (including phenoxy) is 1. The number of carbonyl (C=O) groups is 2. The van der Waals surface area contributed by atoms with E-state index in [0.717, 1.165) is 5.56 Å². The molecule has 3 aromatic rings. The number of aryl methyl sites for hydroxylation is 2. The normalized spacial score (nSPS) is 17.4. The van der Waals surface area contributed by atoms with E-state index < -0.39 is 15.3 Å². The van der Waals surface area contributed by atoms with Crippen LogP contribution in [0, 0.1) is 6.92 Å². The predicted molar refractivity (Wildman–Crippen MR) is 136 cm³/mol. The number of benzene rings is 1. The number of fused-ring (bicyclic) bond motifs is 1. The molecule has 4 rings (SSSR count). The lowest BCUT2D eigenvalue weighted by Gasteiger charge is -2.33. The van der Waals surface area contributed by atoms with E-state index in [2.05, 4.69) is 15.3 Å². The molecular formula is C27H29N3O5S. The number of hydrogen-bond acceptors (Lipinski definition) is 7. The molecule has 0 bridgehead atoms. The molecule has 9 heteroatoms. The van der Waals surface area contributed by atoms with Gasteiger partial charge in [-0.05, 0) is 68.1 Å². The van der Waals surface area contributed by atoms with Gasteiger partial charge in [0.2, 0.25) is 5.91 Å². The van der Waals surface area contributed by atoms with E-state index in [9.17, 15) is 18.0 Å². The number of Topliss-reactive ketones (excluding diaryl/α,β-unsaturated/α-hetero) is 1. The van der Waals surface area contributed by atoms with Crippen LogP contribution in [-0.4, -0.2) is 42.9 Å². The van der Waals surface area contributed by atoms with Crippen LogP contribution >= 0.6 is 0 Å². The SMILES string of the molecule is CCS(=O)(=O)c1ccc(CC(=O)Nc2cc(C)c3c(n2)CCC(C)(c2ccc(OC)cn2)C3=O)cc1. The van der Waals surface area contributed by atoms with Crippen molar-refractivity contribution >= 4 is 27.3 Å². The van der Waals surface area contributed by atoms with Gasteiger partial charge in [-0.1, -0.05) is 19.1 Å². The number of anilines is 1. The van der Waals surface area contributed by atoms with Crippen LogP contribution in [0.15, 0.2) is 53.6 Å². The minimum absolute atomic E-state index is 0.0223. The number of methoxy groups -OCH3 is 1. The lowest BCUT2D eigenvalue weighted by molar-refractivity contribution is -0.115. The van der Waals surface area contributed by atoms with E-state index in [0.29, 0.717) is 46.9 Å². The van der Waals surface area contributed by atoms with Gasteiger partial charge in [-0.2, -0.15) is 0 Å². The Kier molecular flexibility index (Phi) is 6.95. The van der Waals surface area contributed by atoms with Crippen LogP contribution in [0.2, 0.25) is 0 Å². The molecule has 1 aliphatic carbocycles. The number of pyridine rings is 2. The fraction of sp³-hybridized carbons (Fsp3) is 0.333. The summed E-state index contributed by atoms with van der Waals surface area (Å²) >= 11 is 0. The summed E-state index contributed by atoms with van der Waals surface area (Å²) in [7, 11) is -1.72. The molecule has 2 heterocycles. The second-order valence-electron chi connectivity index (χ2n) is 9.16. The number of ketones is 1. The molecule has 1 unspecified atom stereocenters. The number of nitrogens with zero attached hydrogens (tertiary/aromatic N) is 2. The van der Waals surface area contributed by atoms with Gasteiger partial charge in [-0.3, -0.25) is 14.6 Å². The van der Waals surface area contributed by atoms with Crippen LogP contribution in [-0.2, 0) is 32.9 Å². The van der Waals surface area contributed by atoms with Gasteiger partial charge in [0, 0.05) is 5.56 Å². The Morgan fingerprint density at radius 1 is 1.17 bits per heavy atom. The fourth-order valence-corrected chi connectivity index (χ4v) is 5.36. The Balaban J connectivity index is 1.50. The second-order valence-corrected chi connectivity index (χ2v) is 11.4. The maximum Gasteiger partial charge on any atom is 0.229 e. The van der Waals surface area contributed by atoms with Crippen LogP contribution in [0.4, 0.5) is 5.82 Å². The Hall–Kier alpha value is -3.59. The molecule has 0 aliphatic heterocycles. The van der Waals surface area contributed by atoms with Crippen molar-refractivity contribution in [1.82, 2.24) is 9.97 Å². The van der Waals surface area contributed by atoms with Gasteiger partial charge in [0.1, 0.15) is 11.6 Å². The highest BCUT2D eigenvalue weighted by Gasteiger charge is 2.42. The standard InChI is InChI=1S/C27H29N3O5S/c1-5-36(33,34)20-9-6-18(7-10-20)15-24(31)30-23-14-17(2)25-21(29-23)12-13-27(3,26(25)32)22-11-8-19(35-4)16-28-22/h6-11,14,16H,5,12-13,15H2,1-4H3,(H,29,30,31). The number of amides is 1. The first-order chi connectivity index (χ1) is 17.1. The number of carbonyl (C=O) groups excluding carboxylic acids is 2. The largest absolute Gasteiger partial charge is 0.495 e. The summed E-state index contributed by atoms with van der Waals surface area (Å²) in [4.78, 5) is 35.5. The van der Waals surface area contributed by atoms with Crippen LogP contribution in [0.25, 0.3) is 0 Å². The third-order valence-corrected chi connectivity index (χ3v) is 8.46. The van der Waals surface area contributed by atoms with Gasteiger partial charge in [0.25, 0.3) is 0 Å². The van der Waals surface area contributed by atoms with Gasteiger partial charge in [-0.25, -0.2) is 13.4 Å². The average Bonchev–Trinajstić information content (AvgIpc) is 2.86. The minimum Gasteiger partial charge on any atom is -0.495 e. The highest BCUT2D eigenvalue weighted by atomic mass is 32.2. The lowest BCUT2D eigenvalue weighted by Crippen LogP contribution is -2.39. The molecule has 1 aliphatic rings. The van der Waals surface area contributed by atoms with Crippen molar-refractivity contribution in [3.05, 3.63) is 76.7 Å². The summed E-state index contributed by atoms with van der Waals surface area (Å²) < 4.78 is 29.1. The Labute approximate surface area is 211 Å². The molecule has 0 saturated heterocycles. The highest BCUT2D eigenvalue weighted by Crippen LogP contribution is 2.39. The van der Waals surface area contributed by atoms with Crippen molar-refractivity contribution in [3.63, 3.8) is 0 Å². The molecule has 36 heavy (non-hydrogen) atoms. The summed E-state index contributed by atoms with van der Waals surface area (Å²) in [5.74, 6) is 0.731. The molecule has 1 amide bonds. The number of nitrogens with one attached hydrogen (secondary N) is 1. The van der Waals surface area contributed by atoms with Crippen LogP contribution < -0.4 is 10.1 Å². The lowest BCUT2D eigenvalue weighted by atomic mass is 9.70. The molecule has 0 spiro atoms. The Bertz CT molecular complexity index is 1420. The number of aromatic nitrogens is 2. The molecule has 0 saturated carbocycles. The first kappa shape index (κ1) is 25.5. The van der Waals surface area contributed by atoms with Crippen LogP contribution in [0.1, 0.15) is 53.1 Å². The maximum atomic E-state index is 13.6. The molecule has 1 atom stereocenters. The molecule has 1 N–H and O–H groups in total. The van der Waals surface area contributed by atoms with Crippen molar-refractivity contribution in [2.45, 2.75) is 50.3 Å². The third-order valence-electron chi connectivity index (χ3n) is 6.71. The van der Waals surface area contributed by atoms with E-state index in [1.165, 1.54) is 12.1 Å². The second kappa shape index (κ2) is 9.81.